The van der Waals surface area contributed by atoms with Crippen LogP contribution in [0.4, 0.5) is 0 Å². The molecule has 29 heavy (non-hydrogen) atoms. The van der Waals surface area contributed by atoms with Gasteiger partial charge >= 0.3 is 0 Å². The van der Waals surface area contributed by atoms with Crippen LogP contribution in [0.5, 0.6) is 0 Å². The summed E-state index contributed by atoms with van der Waals surface area (Å²) >= 11 is 6.34. The van der Waals surface area contributed by atoms with Gasteiger partial charge in [0, 0.05) is 11.9 Å². The second-order valence-corrected chi connectivity index (χ2v) is 11.1. The fourth-order valence-electron chi connectivity index (χ4n) is 8.16. The second-order valence-electron chi connectivity index (χ2n) is 10.7. The Labute approximate surface area is 180 Å². The molecule has 5 aliphatic carbocycles. The lowest BCUT2D eigenvalue weighted by Gasteiger charge is -2.41. The van der Waals surface area contributed by atoms with Crippen LogP contribution in [-0.4, -0.2) is 24.4 Å². The van der Waals surface area contributed by atoms with Gasteiger partial charge in [-0.3, -0.25) is 4.79 Å². The van der Waals surface area contributed by atoms with E-state index >= 15 is 0 Å². The summed E-state index contributed by atoms with van der Waals surface area (Å²) in [5, 5.41) is 3.54. The Hall–Kier alpha value is -1.06. The zero-order valence-corrected chi connectivity index (χ0v) is 18.2. The van der Waals surface area contributed by atoms with Crippen LogP contribution in [0.3, 0.4) is 0 Å². The largest absolute Gasteiger partial charge is 0.353 e. The number of hydrogen-bond donors (Lipinski definition) is 2. The number of halogens is 1. The lowest BCUT2D eigenvalue weighted by atomic mass is 9.63. The molecule has 3 N–H and O–H groups in total. The summed E-state index contributed by atoms with van der Waals surface area (Å²) in [6, 6.07) is 11.3. The van der Waals surface area contributed by atoms with Crippen molar-refractivity contribution >= 4 is 17.5 Å². The van der Waals surface area contributed by atoms with Gasteiger partial charge < -0.3 is 11.1 Å². The number of rotatable bonds is 6. The van der Waals surface area contributed by atoms with Gasteiger partial charge in [0.2, 0.25) is 5.91 Å². The molecule has 5 fully saturated rings. The third kappa shape index (κ3) is 2.98. The van der Waals surface area contributed by atoms with Crippen molar-refractivity contribution in [3.8, 4) is 0 Å². The Balaban J connectivity index is 1.43. The molecule has 1 aromatic carbocycles. The molecule has 0 heterocycles. The molecule has 4 atom stereocenters. The molecule has 0 saturated heterocycles. The summed E-state index contributed by atoms with van der Waals surface area (Å²) in [6.07, 6.45) is 11.1. The summed E-state index contributed by atoms with van der Waals surface area (Å²) in [5.41, 5.74) is 7.35. The molecular formula is C25H35ClN2O. The smallest absolute Gasteiger partial charge is 0.227 e. The van der Waals surface area contributed by atoms with E-state index in [-0.39, 0.29) is 16.2 Å². The maximum Gasteiger partial charge on any atom is 0.227 e. The first-order valence-corrected chi connectivity index (χ1v) is 12.2. The van der Waals surface area contributed by atoms with E-state index in [1.54, 1.807) is 0 Å². The number of benzene rings is 1. The molecule has 1 amide bonds. The van der Waals surface area contributed by atoms with Crippen molar-refractivity contribution in [2.24, 2.45) is 28.4 Å². The maximum atomic E-state index is 13.9. The van der Waals surface area contributed by atoms with Gasteiger partial charge in [0.15, 0.2) is 0 Å². The highest BCUT2D eigenvalue weighted by Crippen LogP contribution is 2.77. The molecule has 0 aliphatic heterocycles. The lowest BCUT2D eigenvalue weighted by molar-refractivity contribution is -0.137. The van der Waals surface area contributed by atoms with Crippen molar-refractivity contribution in [1.29, 1.82) is 0 Å². The molecule has 0 radical (unpaired) electrons. The summed E-state index contributed by atoms with van der Waals surface area (Å²) in [6.45, 7) is 0.782. The van der Waals surface area contributed by atoms with Crippen molar-refractivity contribution in [3.63, 3.8) is 0 Å². The Kier molecular flexibility index (Phi) is 4.98. The Morgan fingerprint density at radius 2 is 1.83 bits per heavy atom. The van der Waals surface area contributed by atoms with Gasteiger partial charge in [-0.05, 0) is 99.0 Å². The van der Waals surface area contributed by atoms with E-state index in [9.17, 15) is 4.79 Å². The van der Waals surface area contributed by atoms with Crippen LogP contribution in [0.1, 0.15) is 69.8 Å². The van der Waals surface area contributed by atoms with Crippen LogP contribution in [-0.2, 0) is 10.2 Å². The van der Waals surface area contributed by atoms with E-state index in [4.69, 9.17) is 17.3 Å². The first-order valence-electron chi connectivity index (χ1n) is 11.7. The average molecular weight is 415 g/mol. The van der Waals surface area contributed by atoms with E-state index < -0.39 is 0 Å². The minimum Gasteiger partial charge on any atom is -0.353 e. The highest BCUT2D eigenvalue weighted by molar-refractivity contribution is 6.17. The van der Waals surface area contributed by atoms with Gasteiger partial charge in [0.25, 0.3) is 0 Å². The van der Waals surface area contributed by atoms with E-state index in [0.29, 0.717) is 29.7 Å². The molecule has 0 spiro atoms. The fraction of sp³-hybridized carbons (Fsp3) is 0.720. The van der Waals surface area contributed by atoms with Gasteiger partial charge in [-0.2, -0.15) is 0 Å². The quantitative estimate of drug-likeness (QED) is 0.659. The van der Waals surface area contributed by atoms with Gasteiger partial charge in [-0.15, -0.1) is 11.6 Å². The number of alkyl halides is 1. The predicted octanol–water partition coefficient (Wildman–Crippen LogP) is 4.77. The van der Waals surface area contributed by atoms with Gasteiger partial charge in [0.1, 0.15) is 0 Å². The van der Waals surface area contributed by atoms with Gasteiger partial charge in [-0.25, -0.2) is 0 Å². The molecule has 4 heteroatoms. The minimum atomic E-state index is -0.217. The van der Waals surface area contributed by atoms with E-state index in [2.05, 4.69) is 35.6 Å². The molecule has 5 saturated carbocycles. The summed E-state index contributed by atoms with van der Waals surface area (Å²) in [5.74, 6) is 2.32. The molecule has 6 rings (SSSR count). The highest BCUT2D eigenvalue weighted by atomic mass is 35.5. The van der Waals surface area contributed by atoms with E-state index in [1.807, 2.05) is 0 Å². The second kappa shape index (κ2) is 7.27. The molecule has 5 aliphatic rings. The van der Waals surface area contributed by atoms with Crippen molar-refractivity contribution < 1.29 is 4.79 Å². The molecular weight excluding hydrogens is 380 g/mol. The van der Waals surface area contributed by atoms with Crippen LogP contribution >= 0.6 is 11.6 Å². The average Bonchev–Trinajstić information content (AvgIpc) is 3.08. The van der Waals surface area contributed by atoms with Crippen molar-refractivity contribution in [2.45, 2.75) is 75.7 Å². The SMILES string of the molecule is NCC1CCC(NC(=O)C23CC4C[C@](c5ccccc5)(C2)C[C@@]3(CCCl)C4)CC1. The fourth-order valence-corrected chi connectivity index (χ4v) is 8.53. The number of nitrogens with two attached hydrogens (primary N) is 1. The number of amides is 1. The molecule has 4 bridgehead atoms. The predicted molar refractivity (Wildman–Crippen MR) is 118 cm³/mol. The van der Waals surface area contributed by atoms with Crippen LogP contribution in [0.15, 0.2) is 30.3 Å². The van der Waals surface area contributed by atoms with Crippen molar-refractivity contribution in [1.82, 2.24) is 5.32 Å². The number of carbonyl (C=O) groups excluding carboxylic acids is 1. The number of hydrogen-bond acceptors (Lipinski definition) is 2. The van der Waals surface area contributed by atoms with Crippen LogP contribution in [0.2, 0.25) is 0 Å². The van der Waals surface area contributed by atoms with Gasteiger partial charge in [-0.1, -0.05) is 30.3 Å². The summed E-state index contributed by atoms with van der Waals surface area (Å²) in [4.78, 5) is 13.9. The zero-order chi connectivity index (χ0) is 20.1. The van der Waals surface area contributed by atoms with E-state index in [1.165, 1.54) is 18.4 Å². The van der Waals surface area contributed by atoms with E-state index in [0.717, 1.165) is 57.9 Å². The normalized spacial score (nSPS) is 42.9. The minimum absolute atomic E-state index is 0.0893. The van der Waals surface area contributed by atoms with Gasteiger partial charge in [0.05, 0.1) is 5.41 Å². The van der Waals surface area contributed by atoms with Crippen molar-refractivity contribution in [2.75, 3.05) is 12.4 Å². The first-order chi connectivity index (χ1) is 14.0. The van der Waals surface area contributed by atoms with Crippen molar-refractivity contribution in [3.05, 3.63) is 35.9 Å². The third-order valence-electron chi connectivity index (χ3n) is 9.24. The Morgan fingerprint density at radius 3 is 2.52 bits per heavy atom. The summed E-state index contributed by atoms with van der Waals surface area (Å²) < 4.78 is 0. The highest BCUT2D eigenvalue weighted by Gasteiger charge is 2.74. The number of carbonyl (C=O) groups is 1. The molecule has 3 nitrogen and oxygen atoms in total. The lowest BCUT2D eigenvalue weighted by Crippen LogP contribution is -2.51. The summed E-state index contributed by atoms with van der Waals surface area (Å²) in [7, 11) is 0. The maximum absolute atomic E-state index is 13.9. The molecule has 0 aromatic heterocycles. The third-order valence-corrected chi connectivity index (χ3v) is 9.43. The topological polar surface area (TPSA) is 55.1 Å². The monoisotopic (exact) mass is 414 g/mol. The standard InChI is InChI=1S/C25H35ClN2O/c26-11-10-24-13-19-12-23(16-24,20-4-2-1-3-5-20)17-25(24,14-19)22(29)28-21-8-6-18(15-27)7-9-21/h1-5,18-19,21H,6-17,27H2,(H,28,29)/t18?,19?,21?,23-,24-,25?/m1/s1. The Bertz CT molecular complexity index is 761. The molecule has 2 unspecified atom stereocenters. The number of nitrogens with one attached hydrogen (secondary N) is 1. The zero-order valence-electron chi connectivity index (χ0n) is 17.5. The first kappa shape index (κ1) is 19.9. The van der Waals surface area contributed by atoms with Crippen LogP contribution in [0, 0.1) is 22.7 Å². The molecule has 158 valence electrons. The van der Waals surface area contributed by atoms with Crippen LogP contribution < -0.4 is 11.1 Å². The Morgan fingerprint density at radius 1 is 1.07 bits per heavy atom. The van der Waals surface area contributed by atoms with Crippen LogP contribution in [0.25, 0.3) is 0 Å². The molecule has 1 aromatic rings.